The van der Waals surface area contributed by atoms with Gasteiger partial charge < -0.3 is 9.64 Å². The third-order valence-corrected chi connectivity index (χ3v) is 8.97. The third kappa shape index (κ3) is 5.82. The second-order valence-corrected chi connectivity index (χ2v) is 12.0. The van der Waals surface area contributed by atoms with Crippen LogP contribution in [0.4, 0.5) is 0 Å². The van der Waals surface area contributed by atoms with E-state index in [0.717, 1.165) is 50.6 Å². The summed E-state index contributed by atoms with van der Waals surface area (Å²) in [5.41, 5.74) is 3.70. The lowest BCUT2D eigenvalue weighted by Gasteiger charge is -2.32. The maximum absolute atomic E-state index is 12.1. The highest BCUT2D eigenvalue weighted by Crippen LogP contribution is 2.34. The molecule has 0 radical (unpaired) electrons. The number of allylic oxidation sites excluding steroid dienone is 2. The molecular formula is C26H35NO4S. The lowest BCUT2D eigenvalue weighted by Crippen LogP contribution is -2.44. The van der Waals surface area contributed by atoms with Crippen LogP contribution >= 0.6 is 0 Å². The van der Waals surface area contributed by atoms with Crippen LogP contribution in [0.2, 0.25) is 0 Å². The third-order valence-electron chi connectivity index (χ3n) is 6.96. The van der Waals surface area contributed by atoms with Crippen molar-refractivity contribution in [3.63, 3.8) is 0 Å². The number of methoxy groups -OCH3 is 1. The van der Waals surface area contributed by atoms with Gasteiger partial charge in [0, 0.05) is 30.8 Å². The van der Waals surface area contributed by atoms with E-state index in [0.29, 0.717) is 24.7 Å². The van der Waals surface area contributed by atoms with Crippen molar-refractivity contribution in [2.45, 2.75) is 50.2 Å². The lowest BCUT2D eigenvalue weighted by molar-refractivity contribution is -0.143. The molecule has 174 valence electrons. The Kier molecular flexibility index (Phi) is 7.84. The van der Waals surface area contributed by atoms with Crippen LogP contribution in [0, 0.1) is 23.7 Å². The Hall–Kier alpha value is -2.10. The number of carbonyl (C=O) groups excluding carboxylic acids is 1. The fourth-order valence-corrected chi connectivity index (χ4v) is 5.44. The van der Waals surface area contributed by atoms with Gasteiger partial charge in [-0.05, 0) is 68.8 Å². The van der Waals surface area contributed by atoms with Gasteiger partial charge in [-0.25, -0.2) is 8.42 Å². The summed E-state index contributed by atoms with van der Waals surface area (Å²) in [5, 5.41) is 0. The van der Waals surface area contributed by atoms with E-state index >= 15 is 0 Å². The molecule has 2 aliphatic rings. The fourth-order valence-electron chi connectivity index (χ4n) is 4.54. The van der Waals surface area contributed by atoms with Gasteiger partial charge in [-0.2, -0.15) is 0 Å². The van der Waals surface area contributed by atoms with Gasteiger partial charge in [0.05, 0.1) is 7.11 Å². The van der Waals surface area contributed by atoms with Gasteiger partial charge in [0.1, 0.15) is 0 Å². The van der Waals surface area contributed by atoms with Crippen LogP contribution in [0.1, 0.15) is 56.6 Å². The quantitative estimate of drug-likeness (QED) is 0.459. The summed E-state index contributed by atoms with van der Waals surface area (Å²) in [5.74, 6) is 6.99. The number of esters is 1. The van der Waals surface area contributed by atoms with E-state index in [9.17, 15) is 13.2 Å². The first kappa shape index (κ1) is 24.5. The van der Waals surface area contributed by atoms with Crippen molar-refractivity contribution in [3.8, 4) is 11.8 Å². The summed E-state index contributed by atoms with van der Waals surface area (Å²) in [4.78, 5) is 14.3. The number of rotatable bonds is 7. The Morgan fingerprint density at radius 3 is 2.47 bits per heavy atom. The molecule has 0 amide bonds. The molecule has 5 nitrogen and oxygen atoms in total. The highest BCUT2D eigenvalue weighted by Gasteiger charge is 2.44. The van der Waals surface area contributed by atoms with Crippen LogP contribution in [-0.2, 0) is 19.4 Å². The van der Waals surface area contributed by atoms with Gasteiger partial charge in [0.2, 0.25) is 0 Å². The molecule has 0 N–H and O–H groups in total. The van der Waals surface area contributed by atoms with Crippen molar-refractivity contribution in [1.29, 1.82) is 0 Å². The molecule has 1 heterocycles. The Morgan fingerprint density at radius 2 is 1.94 bits per heavy atom. The SMILES string of the molecule is COC(=O)C(C)(CCCC1CC=C(c2ccc(C#CC3CN(C)C3)cc2)CC1)S(C)(=O)=O. The van der Waals surface area contributed by atoms with E-state index < -0.39 is 20.6 Å². The first-order chi connectivity index (χ1) is 15.1. The Bertz CT molecular complexity index is 1010. The molecule has 1 aromatic carbocycles. The van der Waals surface area contributed by atoms with Gasteiger partial charge in [-0.1, -0.05) is 42.9 Å². The number of nitrogens with zero attached hydrogens (tertiary/aromatic N) is 1. The molecule has 1 saturated heterocycles. The number of benzene rings is 1. The molecule has 32 heavy (non-hydrogen) atoms. The zero-order chi connectivity index (χ0) is 23.4. The lowest BCUT2D eigenvalue weighted by atomic mass is 9.83. The maximum Gasteiger partial charge on any atom is 0.326 e. The van der Waals surface area contributed by atoms with Gasteiger partial charge in [-0.3, -0.25) is 4.79 Å². The van der Waals surface area contributed by atoms with E-state index in [4.69, 9.17) is 4.74 Å². The molecule has 1 aromatic rings. The monoisotopic (exact) mass is 457 g/mol. The fraction of sp³-hybridized carbons (Fsp3) is 0.577. The second-order valence-electron chi connectivity index (χ2n) is 9.52. The topological polar surface area (TPSA) is 63.7 Å². The molecule has 0 aromatic heterocycles. The molecule has 6 heteroatoms. The van der Waals surface area contributed by atoms with E-state index in [2.05, 4.69) is 54.1 Å². The molecule has 0 bridgehead atoms. The van der Waals surface area contributed by atoms with Gasteiger partial charge in [-0.15, -0.1) is 0 Å². The molecule has 0 spiro atoms. The van der Waals surface area contributed by atoms with Crippen molar-refractivity contribution >= 4 is 21.4 Å². The van der Waals surface area contributed by atoms with Gasteiger partial charge in [0.15, 0.2) is 14.6 Å². The zero-order valence-electron chi connectivity index (χ0n) is 19.7. The van der Waals surface area contributed by atoms with Gasteiger partial charge >= 0.3 is 5.97 Å². The van der Waals surface area contributed by atoms with Crippen LogP contribution in [0.5, 0.6) is 0 Å². The van der Waals surface area contributed by atoms with Crippen LogP contribution < -0.4 is 0 Å². The highest BCUT2D eigenvalue weighted by molar-refractivity contribution is 7.92. The first-order valence-electron chi connectivity index (χ1n) is 11.4. The number of hydrogen-bond acceptors (Lipinski definition) is 5. The number of ether oxygens (including phenoxy) is 1. The van der Waals surface area contributed by atoms with E-state index in [1.54, 1.807) is 0 Å². The minimum atomic E-state index is -3.54. The molecular weight excluding hydrogens is 422 g/mol. The standard InChI is InChI=1S/C26H35NO4S/c1-26(25(28)31-3,32(4,29)30)17-5-6-20-9-13-23(14-10-20)24-15-11-21(12-16-24)7-8-22-18-27(2)19-22/h11-13,15-16,20,22H,5-6,9-10,14,17-19H2,1-4H3. The molecule has 3 rings (SSSR count). The Labute approximate surface area is 193 Å². The molecule has 2 unspecified atom stereocenters. The maximum atomic E-state index is 12.1. The van der Waals surface area contributed by atoms with E-state index in [1.165, 1.54) is 25.2 Å². The Morgan fingerprint density at radius 1 is 1.25 bits per heavy atom. The summed E-state index contributed by atoms with van der Waals surface area (Å²) in [6, 6.07) is 8.54. The van der Waals surface area contributed by atoms with Crippen molar-refractivity contribution < 1.29 is 17.9 Å². The van der Waals surface area contributed by atoms with Crippen LogP contribution in [0.25, 0.3) is 5.57 Å². The van der Waals surface area contributed by atoms with Gasteiger partial charge in [0.25, 0.3) is 0 Å². The smallest absolute Gasteiger partial charge is 0.326 e. The number of likely N-dealkylation sites (tertiary alicyclic amines) is 1. The summed E-state index contributed by atoms with van der Waals surface area (Å²) >= 11 is 0. The Balaban J connectivity index is 1.51. The molecule has 1 aliphatic carbocycles. The largest absolute Gasteiger partial charge is 0.468 e. The molecule has 1 fully saturated rings. The minimum Gasteiger partial charge on any atom is -0.468 e. The average Bonchev–Trinajstić information content (AvgIpc) is 2.75. The van der Waals surface area contributed by atoms with Crippen LogP contribution in [0.15, 0.2) is 30.3 Å². The number of carbonyl (C=O) groups is 1. The van der Waals surface area contributed by atoms with Crippen molar-refractivity contribution in [2.75, 3.05) is 33.5 Å². The van der Waals surface area contributed by atoms with Crippen molar-refractivity contribution in [1.82, 2.24) is 4.90 Å². The van der Waals surface area contributed by atoms with Crippen LogP contribution in [-0.4, -0.2) is 57.5 Å². The predicted molar refractivity (Wildman–Crippen MR) is 129 cm³/mol. The van der Waals surface area contributed by atoms with Crippen molar-refractivity contribution in [2.24, 2.45) is 11.8 Å². The van der Waals surface area contributed by atoms with E-state index in [1.807, 2.05) is 0 Å². The van der Waals surface area contributed by atoms with Crippen molar-refractivity contribution in [3.05, 3.63) is 41.5 Å². The van der Waals surface area contributed by atoms with Crippen LogP contribution in [0.3, 0.4) is 0 Å². The minimum absolute atomic E-state index is 0.297. The molecule has 0 saturated carbocycles. The summed E-state index contributed by atoms with van der Waals surface area (Å²) < 4.78 is 27.6. The number of sulfone groups is 1. The first-order valence-corrected chi connectivity index (χ1v) is 13.3. The average molecular weight is 458 g/mol. The molecule has 1 aliphatic heterocycles. The summed E-state index contributed by atoms with van der Waals surface area (Å²) in [6.07, 6.45) is 8.41. The predicted octanol–water partition coefficient (Wildman–Crippen LogP) is 3.93. The normalized spacial score (nSPS) is 21.5. The zero-order valence-corrected chi connectivity index (χ0v) is 20.5. The number of hydrogen-bond donors (Lipinski definition) is 0. The summed E-state index contributed by atoms with van der Waals surface area (Å²) in [7, 11) is -0.178. The second kappa shape index (κ2) is 10.2. The summed E-state index contributed by atoms with van der Waals surface area (Å²) in [6.45, 7) is 3.61. The molecule has 2 atom stereocenters. The highest BCUT2D eigenvalue weighted by atomic mass is 32.2. The van der Waals surface area contributed by atoms with E-state index in [-0.39, 0.29) is 0 Å².